The summed E-state index contributed by atoms with van der Waals surface area (Å²) >= 11 is 0. The highest BCUT2D eigenvalue weighted by molar-refractivity contribution is 5.83. The third-order valence-corrected chi connectivity index (χ3v) is 3.47. The molecule has 4 atom stereocenters. The average molecular weight is 312 g/mol. The molecule has 0 aromatic rings. The van der Waals surface area contributed by atoms with Gasteiger partial charge < -0.3 is 18.9 Å². The molecule has 0 unspecified atom stereocenters. The van der Waals surface area contributed by atoms with Crippen LogP contribution in [0.2, 0.25) is 0 Å². The van der Waals surface area contributed by atoms with Crippen molar-refractivity contribution in [1.82, 2.24) is 0 Å². The van der Waals surface area contributed by atoms with Crippen LogP contribution in [0.4, 0.5) is 0 Å². The number of epoxide rings is 1. The van der Waals surface area contributed by atoms with E-state index in [2.05, 4.69) is 23.7 Å². The van der Waals surface area contributed by atoms with Gasteiger partial charge in [0.05, 0.1) is 6.26 Å². The van der Waals surface area contributed by atoms with Gasteiger partial charge >= 0.3 is 11.8 Å². The Kier molecular flexibility index (Phi) is 3.90. The first-order valence-electron chi connectivity index (χ1n) is 7.23. The van der Waals surface area contributed by atoms with Gasteiger partial charge in [0.15, 0.2) is 12.2 Å². The minimum Gasteiger partial charge on any atom is -0.454 e. The lowest BCUT2D eigenvalue weighted by Gasteiger charge is -2.29. The van der Waals surface area contributed by atoms with E-state index in [1.54, 1.807) is 19.1 Å². The van der Waals surface area contributed by atoms with E-state index in [9.17, 15) is 4.79 Å². The number of carbonyl (C=O) groups is 1. The first-order valence-corrected chi connectivity index (χ1v) is 7.23. The molecule has 3 heterocycles. The van der Waals surface area contributed by atoms with Crippen LogP contribution in [0.3, 0.4) is 0 Å². The number of allylic oxidation sites excluding steroid dienone is 2. The van der Waals surface area contributed by atoms with Gasteiger partial charge in [-0.25, -0.2) is 4.79 Å². The van der Waals surface area contributed by atoms with E-state index in [4.69, 9.17) is 18.9 Å². The fourth-order valence-electron chi connectivity index (χ4n) is 2.50. The van der Waals surface area contributed by atoms with Crippen LogP contribution >= 0.6 is 0 Å². The van der Waals surface area contributed by atoms with Crippen molar-refractivity contribution < 1.29 is 23.7 Å². The van der Waals surface area contributed by atoms with Crippen LogP contribution in [-0.4, -0.2) is 30.1 Å². The van der Waals surface area contributed by atoms with Crippen LogP contribution in [0, 0.1) is 23.7 Å². The molecule has 0 aliphatic carbocycles. The number of esters is 1. The van der Waals surface area contributed by atoms with Gasteiger partial charge in [0, 0.05) is 12.2 Å². The molecular formula is C18H16O5. The van der Waals surface area contributed by atoms with Crippen molar-refractivity contribution in [1.29, 1.82) is 0 Å². The van der Waals surface area contributed by atoms with Crippen LogP contribution in [0.1, 0.15) is 20.8 Å². The van der Waals surface area contributed by atoms with E-state index in [-0.39, 0.29) is 12.2 Å². The second kappa shape index (κ2) is 5.87. The summed E-state index contributed by atoms with van der Waals surface area (Å²) in [4.78, 5) is 11.9. The van der Waals surface area contributed by atoms with Crippen LogP contribution in [0.15, 0.2) is 35.8 Å². The van der Waals surface area contributed by atoms with E-state index in [0.29, 0.717) is 5.76 Å². The summed E-state index contributed by atoms with van der Waals surface area (Å²) in [5.74, 6) is 9.76. The van der Waals surface area contributed by atoms with Crippen LogP contribution in [0.5, 0.6) is 0 Å². The molecule has 1 spiro atoms. The van der Waals surface area contributed by atoms with Gasteiger partial charge in [-0.05, 0) is 38.7 Å². The fourth-order valence-corrected chi connectivity index (χ4v) is 2.50. The maximum atomic E-state index is 11.9. The van der Waals surface area contributed by atoms with Gasteiger partial charge in [-0.3, -0.25) is 0 Å². The van der Waals surface area contributed by atoms with Crippen LogP contribution < -0.4 is 0 Å². The molecule has 118 valence electrons. The molecule has 3 aliphatic rings. The largest absolute Gasteiger partial charge is 0.454 e. The summed E-state index contributed by atoms with van der Waals surface area (Å²) in [5, 5.41) is 0. The van der Waals surface area contributed by atoms with Gasteiger partial charge in [-0.15, -0.1) is 0 Å². The van der Waals surface area contributed by atoms with Crippen LogP contribution in [0.25, 0.3) is 0 Å². The number of hydrogen-bond acceptors (Lipinski definition) is 5. The Bertz CT molecular complexity index is 733. The Hall–Kier alpha value is -2.63. The molecule has 3 aliphatic heterocycles. The second-order valence-electron chi connectivity index (χ2n) is 5.52. The zero-order valence-corrected chi connectivity index (χ0v) is 13.1. The molecule has 0 N–H and O–H groups in total. The zero-order chi connectivity index (χ0) is 16.4. The molecule has 5 heteroatoms. The van der Waals surface area contributed by atoms with Crippen molar-refractivity contribution >= 4 is 5.97 Å². The average Bonchev–Trinajstić information content (AvgIpc) is 3.12. The predicted molar refractivity (Wildman–Crippen MR) is 81.3 cm³/mol. The molecule has 0 aromatic carbocycles. The molecule has 5 nitrogen and oxygen atoms in total. The Morgan fingerprint density at radius 2 is 2.22 bits per heavy atom. The highest BCUT2D eigenvalue weighted by atomic mass is 16.8. The monoisotopic (exact) mass is 312 g/mol. The highest BCUT2D eigenvalue weighted by Gasteiger charge is 2.72. The maximum Gasteiger partial charge on any atom is 0.331 e. The summed E-state index contributed by atoms with van der Waals surface area (Å²) in [6.07, 6.45) is 4.94. The topological polar surface area (TPSA) is 57.3 Å². The Morgan fingerprint density at radius 1 is 1.39 bits per heavy atom. The summed E-state index contributed by atoms with van der Waals surface area (Å²) in [7, 11) is 0. The SMILES string of the molecule is CC#CC#C/C=C1\O[C@@]2(OC=C[C@@H]2OC(=O)C=C(C)C)[C@H]2O[C@@H]12. The number of carbonyl (C=O) groups excluding carboxylic acids is 1. The molecule has 23 heavy (non-hydrogen) atoms. The van der Waals surface area contributed by atoms with Crippen molar-refractivity contribution in [2.75, 3.05) is 0 Å². The summed E-state index contributed by atoms with van der Waals surface area (Å²) < 4.78 is 22.5. The van der Waals surface area contributed by atoms with Crippen LogP contribution in [-0.2, 0) is 23.7 Å². The third-order valence-electron chi connectivity index (χ3n) is 3.47. The molecule has 0 amide bonds. The lowest BCUT2D eigenvalue weighted by atomic mass is 10.1. The van der Waals surface area contributed by atoms with Crippen molar-refractivity contribution in [2.24, 2.45) is 0 Å². The van der Waals surface area contributed by atoms with Gasteiger partial charge in [-0.2, -0.15) is 0 Å². The maximum absolute atomic E-state index is 11.9. The molecule has 0 bridgehead atoms. The van der Waals surface area contributed by atoms with E-state index < -0.39 is 17.9 Å². The smallest absolute Gasteiger partial charge is 0.331 e. The molecule has 2 fully saturated rings. The minimum atomic E-state index is -1.15. The molecule has 3 rings (SSSR count). The number of hydrogen-bond donors (Lipinski definition) is 0. The normalized spacial score (nSPS) is 33.5. The molecule has 0 saturated carbocycles. The van der Waals surface area contributed by atoms with Gasteiger partial charge in [0.2, 0.25) is 6.10 Å². The highest BCUT2D eigenvalue weighted by Crippen LogP contribution is 2.53. The molecular weight excluding hydrogens is 296 g/mol. The third kappa shape index (κ3) is 2.84. The van der Waals surface area contributed by atoms with Gasteiger partial charge in [-0.1, -0.05) is 17.4 Å². The Labute approximate surface area is 134 Å². The lowest BCUT2D eigenvalue weighted by Crippen LogP contribution is -2.46. The molecule has 0 radical (unpaired) electrons. The predicted octanol–water partition coefficient (Wildman–Crippen LogP) is 1.81. The number of fused-ring (bicyclic) bond motifs is 2. The Balaban J connectivity index is 1.75. The molecule has 0 aromatic heterocycles. The summed E-state index contributed by atoms with van der Waals surface area (Å²) in [6, 6.07) is 0. The first kappa shape index (κ1) is 15.3. The summed E-state index contributed by atoms with van der Waals surface area (Å²) in [5.41, 5.74) is 0.854. The van der Waals surface area contributed by atoms with E-state index >= 15 is 0 Å². The van der Waals surface area contributed by atoms with Gasteiger partial charge in [0.25, 0.3) is 0 Å². The van der Waals surface area contributed by atoms with Crippen molar-refractivity contribution in [3.05, 3.63) is 35.8 Å². The Morgan fingerprint density at radius 3 is 2.96 bits per heavy atom. The fraction of sp³-hybridized carbons (Fsp3) is 0.389. The quantitative estimate of drug-likeness (QED) is 0.337. The first-order chi connectivity index (χ1) is 11.1. The number of rotatable bonds is 2. The van der Waals surface area contributed by atoms with Crippen molar-refractivity contribution in [3.63, 3.8) is 0 Å². The minimum absolute atomic E-state index is 0.219. The lowest BCUT2D eigenvalue weighted by molar-refractivity contribution is -0.226. The summed E-state index contributed by atoms with van der Waals surface area (Å²) in [6.45, 7) is 5.36. The zero-order valence-electron chi connectivity index (χ0n) is 13.1. The van der Waals surface area contributed by atoms with Crippen molar-refractivity contribution in [2.45, 2.75) is 44.9 Å². The van der Waals surface area contributed by atoms with E-state index in [1.807, 2.05) is 13.8 Å². The van der Waals surface area contributed by atoms with Crippen molar-refractivity contribution in [3.8, 4) is 23.7 Å². The number of ether oxygens (including phenoxy) is 4. The standard InChI is InChI=1S/C18H16O5/c1-4-5-6-7-8-13-16-17(22-16)18(23-13)14(9-10-20-18)21-15(19)11-12(2)3/h8-11,14,16-17H,1-3H3/b13-8-/t14-,16-,17-,18+/m0/s1. The van der Waals surface area contributed by atoms with E-state index in [1.165, 1.54) is 12.3 Å². The van der Waals surface area contributed by atoms with E-state index in [0.717, 1.165) is 5.57 Å². The molecule has 2 saturated heterocycles. The second-order valence-corrected chi connectivity index (χ2v) is 5.52. The van der Waals surface area contributed by atoms with Gasteiger partial charge in [0.1, 0.15) is 5.76 Å².